The third-order valence-electron chi connectivity index (χ3n) is 3.56. The first kappa shape index (κ1) is 13.5. The van der Waals surface area contributed by atoms with Crippen LogP contribution in [-0.4, -0.2) is 29.5 Å². The molecular weight excluding hydrogens is 272 g/mol. The lowest BCUT2D eigenvalue weighted by molar-refractivity contribution is 0.0699. The highest BCUT2D eigenvalue weighted by Gasteiger charge is 2.17. The van der Waals surface area contributed by atoms with Crippen LogP contribution in [0.1, 0.15) is 23.2 Å². The van der Waals surface area contributed by atoms with Gasteiger partial charge in [0.25, 0.3) is 0 Å². The van der Waals surface area contributed by atoms with Crippen LogP contribution in [0.2, 0.25) is 0 Å². The summed E-state index contributed by atoms with van der Waals surface area (Å²) in [5.74, 6) is 0.0491. The van der Waals surface area contributed by atoms with Crippen LogP contribution in [0.3, 0.4) is 0 Å². The molecule has 2 aromatic carbocycles. The average Bonchev–Trinajstić information content (AvgIpc) is 2.97. The van der Waals surface area contributed by atoms with Gasteiger partial charge in [0.05, 0.1) is 11.7 Å². The van der Waals surface area contributed by atoms with Crippen molar-refractivity contribution in [3.63, 3.8) is 0 Å². The molecule has 2 aromatic rings. The van der Waals surface area contributed by atoms with E-state index in [4.69, 9.17) is 4.74 Å². The van der Waals surface area contributed by atoms with E-state index >= 15 is 0 Å². The second kappa shape index (κ2) is 5.85. The van der Waals surface area contributed by atoms with Crippen LogP contribution in [0.4, 0.5) is 0 Å². The van der Waals surface area contributed by atoms with Crippen molar-refractivity contribution >= 4 is 28.5 Å². The molecule has 3 nitrogen and oxygen atoms in total. The molecule has 0 aromatic heterocycles. The molecule has 1 unspecified atom stereocenters. The van der Waals surface area contributed by atoms with Crippen molar-refractivity contribution < 1.29 is 14.6 Å². The number of fused-ring (bicyclic) bond motifs is 1. The first-order valence-electron chi connectivity index (χ1n) is 6.75. The number of ether oxygens (including phenoxy) is 1. The molecule has 1 saturated heterocycles. The summed E-state index contributed by atoms with van der Waals surface area (Å²) in [6.07, 6.45) is 2.60. The maximum absolute atomic E-state index is 11.3. The summed E-state index contributed by atoms with van der Waals surface area (Å²) in [7, 11) is 0. The van der Waals surface area contributed by atoms with E-state index in [0.29, 0.717) is 11.7 Å². The van der Waals surface area contributed by atoms with Crippen molar-refractivity contribution in [1.29, 1.82) is 0 Å². The molecule has 20 heavy (non-hydrogen) atoms. The van der Waals surface area contributed by atoms with E-state index in [9.17, 15) is 9.90 Å². The van der Waals surface area contributed by atoms with E-state index in [0.717, 1.165) is 40.9 Å². The standard InChI is InChI=1S/C16H16O3S/c17-16(18)14-7-8-15(13-6-2-1-5-12(13)14)20-10-11-4-3-9-19-11/h1-2,5-8,11H,3-4,9-10H2,(H,17,18). The fourth-order valence-electron chi connectivity index (χ4n) is 2.54. The van der Waals surface area contributed by atoms with Crippen molar-refractivity contribution in [2.24, 2.45) is 0 Å². The average molecular weight is 288 g/mol. The lowest BCUT2D eigenvalue weighted by Gasteiger charge is -2.11. The molecule has 4 heteroatoms. The third kappa shape index (κ3) is 2.67. The van der Waals surface area contributed by atoms with Gasteiger partial charge in [0.1, 0.15) is 0 Å². The summed E-state index contributed by atoms with van der Waals surface area (Å²) in [6.45, 7) is 0.865. The zero-order valence-corrected chi connectivity index (χ0v) is 11.9. The largest absolute Gasteiger partial charge is 0.478 e. The van der Waals surface area contributed by atoms with E-state index in [1.807, 2.05) is 30.3 Å². The Morgan fingerprint density at radius 2 is 2.05 bits per heavy atom. The number of benzene rings is 2. The molecule has 1 fully saturated rings. The monoisotopic (exact) mass is 288 g/mol. The van der Waals surface area contributed by atoms with Crippen molar-refractivity contribution in [3.05, 3.63) is 42.0 Å². The number of carboxylic acids is 1. The number of hydrogen-bond acceptors (Lipinski definition) is 3. The van der Waals surface area contributed by atoms with Crippen LogP contribution in [0.15, 0.2) is 41.3 Å². The Hall–Kier alpha value is -1.52. The Kier molecular flexibility index (Phi) is 3.94. The van der Waals surface area contributed by atoms with Crippen LogP contribution >= 0.6 is 11.8 Å². The topological polar surface area (TPSA) is 46.5 Å². The first-order chi connectivity index (χ1) is 9.75. The minimum absolute atomic E-state index is 0.331. The molecule has 0 saturated carbocycles. The van der Waals surface area contributed by atoms with Gasteiger partial charge in [-0.2, -0.15) is 0 Å². The van der Waals surface area contributed by atoms with Crippen molar-refractivity contribution in [3.8, 4) is 0 Å². The molecule has 104 valence electrons. The maximum Gasteiger partial charge on any atom is 0.336 e. The van der Waals surface area contributed by atoms with Gasteiger partial charge in [0, 0.05) is 17.3 Å². The second-order valence-electron chi connectivity index (χ2n) is 4.91. The molecule has 1 N–H and O–H groups in total. The summed E-state index contributed by atoms with van der Waals surface area (Å²) in [6, 6.07) is 11.3. The third-order valence-corrected chi connectivity index (χ3v) is 4.77. The summed E-state index contributed by atoms with van der Waals surface area (Å²) in [5.41, 5.74) is 0.363. The minimum atomic E-state index is -0.878. The summed E-state index contributed by atoms with van der Waals surface area (Å²) in [5, 5.41) is 11.1. The molecule has 0 amide bonds. The number of carbonyl (C=O) groups is 1. The number of carboxylic acid groups (broad SMARTS) is 1. The molecule has 1 aliphatic rings. The molecule has 0 radical (unpaired) electrons. The Balaban J connectivity index is 1.91. The number of rotatable bonds is 4. The van der Waals surface area contributed by atoms with Gasteiger partial charge in [-0.15, -0.1) is 11.8 Å². The first-order valence-corrected chi connectivity index (χ1v) is 7.74. The fraction of sp³-hybridized carbons (Fsp3) is 0.312. The molecule has 0 spiro atoms. The van der Waals surface area contributed by atoms with Crippen LogP contribution in [0, 0.1) is 0 Å². The Morgan fingerprint density at radius 1 is 1.25 bits per heavy atom. The van der Waals surface area contributed by atoms with Crippen molar-refractivity contribution in [2.45, 2.75) is 23.8 Å². The van der Waals surface area contributed by atoms with Gasteiger partial charge in [0.15, 0.2) is 0 Å². The van der Waals surface area contributed by atoms with Gasteiger partial charge >= 0.3 is 5.97 Å². The Morgan fingerprint density at radius 3 is 2.75 bits per heavy atom. The predicted octanol–water partition coefficient (Wildman–Crippen LogP) is 3.81. The minimum Gasteiger partial charge on any atom is -0.478 e. The van der Waals surface area contributed by atoms with E-state index in [-0.39, 0.29) is 0 Å². The highest BCUT2D eigenvalue weighted by molar-refractivity contribution is 7.99. The highest BCUT2D eigenvalue weighted by atomic mass is 32.2. The van der Waals surface area contributed by atoms with Gasteiger partial charge in [0.2, 0.25) is 0 Å². The summed E-state index contributed by atoms with van der Waals surface area (Å²) >= 11 is 1.75. The lowest BCUT2D eigenvalue weighted by Crippen LogP contribution is -2.07. The maximum atomic E-state index is 11.3. The molecule has 1 aliphatic heterocycles. The second-order valence-corrected chi connectivity index (χ2v) is 5.97. The van der Waals surface area contributed by atoms with Crippen LogP contribution in [-0.2, 0) is 4.74 Å². The smallest absolute Gasteiger partial charge is 0.336 e. The van der Waals surface area contributed by atoms with Crippen molar-refractivity contribution in [2.75, 3.05) is 12.4 Å². The number of aromatic carboxylic acids is 1. The zero-order valence-electron chi connectivity index (χ0n) is 11.0. The molecule has 0 bridgehead atoms. The zero-order chi connectivity index (χ0) is 13.9. The van der Waals surface area contributed by atoms with E-state index in [1.54, 1.807) is 17.8 Å². The van der Waals surface area contributed by atoms with Gasteiger partial charge in [-0.25, -0.2) is 4.79 Å². The van der Waals surface area contributed by atoms with Crippen LogP contribution in [0.5, 0.6) is 0 Å². The van der Waals surface area contributed by atoms with E-state index < -0.39 is 5.97 Å². The lowest BCUT2D eigenvalue weighted by atomic mass is 10.0. The molecule has 1 atom stereocenters. The van der Waals surface area contributed by atoms with Gasteiger partial charge < -0.3 is 9.84 Å². The highest BCUT2D eigenvalue weighted by Crippen LogP contribution is 2.32. The SMILES string of the molecule is O=C(O)c1ccc(SCC2CCCO2)c2ccccc12. The number of thioether (sulfide) groups is 1. The fourth-order valence-corrected chi connectivity index (χ4v) is 3.67. The Bertz CT molecular complexity index is 633. The van der Waals surface area contributed by atoms with Crippen molar-refractivity contribution in [1.82, 2.24) is 0 Å². The molecule has 3 rings (SSSR count). The summed E-state index contributed by atoms with van der Waals surface area (Å²) < 4.78 is 5.63. The van der Waals surface area contributed by atoms with E-state index in [2.05, 4.69) is 0 Å². The predicted molar refractivity (Wildman–Crippen MR) is 80.6 cm³/mol. The van der Waals surface area contributed by atoms with Gasteiger partial charge in [-0.3, -0.25) is 0 Å². The quantitative estimate of drug-likeness (QED) is 0.869. The van der Waals surface area contributed by atoms with Gasteiger partial charge in [-0.1, -0.05) is 24.3 Å². The molecule has 0 aliphatic carbocycles. The van der Waals surface area contributed by atoms with Crippen LogP contribution in [0.25, 0.3) is 10.8 Å². The molecular formula is C16H16O3S. The summed E-state index contributed by atoms with van der Waals surface area (Å²) in [4.78, 5) is 12.4. The van der Waals surface area contributed by atoms with E-state index in [1.165, 1.54) is 0 Å². The van der Waals surface area contributed by atoms with Gasteiger partial charge in [-0.05, 0) is 35.7 Å². The Labute approximate surface area is 121 Å². The normalized spacial score (nSPS) is 18.5. The number of hydrogen-bond donors (Lipinski definition) is 1. The molecule has 1 heterocycles. The van der Waals surface area contributed by atoms with Crippen LogP contribution < -0.4 is 0 Å².